The third kappa shape index (κ3) is 4.96. The van der Waals surface area contributed by atoms with Gasteiger partial charge in [-0.3, -0.25) is 0 Å². The van der Waals surface area contributed by atoms with Crippen LogP contribution >= 0.6 is 0 Å². The van der Waals surface area contributed by atoms with Crippen molar-refractivity contribution in [2.24, 2.45) is 5.92 Å². The van der Waals surface area contributed by atoms with Crippen molar-refractivity contribution >= 4 is 0 Å². The second-order valence-electron chi connectivity index (χ2n) is 7.89. The molecule has 0 aliphatic carbocycles. The number of H-pyrrole nitrogens is 1. The Morgan fingerprint density at radius 3 is 2.48 bits per heavy atom. The summed E-state index contributed by atoms with van der Waals surface area (Å²) in [5.41, 5.74) is 4.27. The molecule has 2 aromatic heterocycles. The van der Waals surface area contributed by atoms with Gasteiger partial charge in [-0.05, 0) is 34.2 Å². The molecular weight excluding hydrogens is 390 g/mol. The molecule has 0 saturated carbocycles. The lowest BCUT2D eigenvalue weighted by Crippen LogP contribution is -2.10. The number of aromatic nitrogens is 7. The Morgan fingerprint density at radius 2 is 1.81 bits per heavy atom. The van der Waals surface area contributed by atoms with Crippen LogP contribution in [-0.2, 0) is 13.0 Å². The van der Waals surface area contributed by atoms with Gasteiger partial charge in [-0.25, -0.2) is 4.68 Å². The first-order chi connectivity index (χ1) is 15.1. The molecule has 31 heavy (non-hydrogen) atoms. The van der Waals surface area contributed by atoms with Crippen LogP contribution in [0.5, 0.6) is 6.01 Å². The van der Waals surface area contributed by atoms with E-state index in [1.54, 1.807) is 0 Å². The molecule has 0 amide bonds. The van der Waals surface area contributed by atoms with Crippen LogP contribution in [-0.4, -0.2) is 42.0 Å². The molecule has 0 fully saturated rings. The van der Waals surface area contributed by atoms with Crippen LogP contribution in [0.4, 0.5) is 0 Å². The number of ether oxygens (including phenoxy) is 1. The first-order valence-corrected chi connectivity index (χ1v) is 10.6. The van der Waals surface area contributed by atoms with Crippen LogP contribution in [0.2, 0.25) is 0 Å². The van der Waals surface area contributed by atoms with Crippen LogP contribution in [0.1, 0.15) is 38.6 Å². The Kier molecular flexibility index (Phi) is 6.35. The highest BCUT2D eigenvalue weighted by Gasteiger charge is 2.14. The zero-order valence-corrected chi connectivity index (χ0v) is 18.1. The quantitative estimate of drug-likeness (QED) is 0.439. The van der Waals surface area contributed by atoms with Crippen LogP contribution in [0.15, 0.2) is 48.5 Å². The molecule has 0 atom stereocenters. The van der Waals surface area contributed by atoms with Gasteiger partial charge in [0.05, 0.1) is 6.61 Å². The first-order valence-electron chi connectivity index (χ1n) is 10.6. The molecule has 4 rings (SSSR count). The van der Waals surface area contributed by atoms with Gasteiger partial charge >= 0.3 is 6.01 Å². The van der Waals surface area contributed by atoms with Gasteiger partial charge < -0.3 is 4.74 Å². The molecular formula is C23H27N7O. The molecule has 8 nitrogen and oxygen atoms in total. The average molecular weight is 418 g/mol. The fourth-order valence-electron chi connectivity index (χ4n) is 3.42. The molecule has 0 aliphatic rings. The maximum absolute atomic E-state index is 5.66. The summed E-state index contributed by atoms with van der Waals surface area (Å²) in [6, 6.07) is 17.0. The number of nitrogens with one attached hydrogen (secondary N) is 1. The van der Waals surface area contributed by atoms with Crippen molar-refractivity contribution in [1.82, 2.24) is 35.4 Å². The summed E-state index contributed by atoms with van der Waals surface area (Å²) >= 11 is 0. The van der Waals surface area contributed by atoms with Crippen LogP contribution in [0.3, 0.4) is 0 Å². The molecule has 8 heteroatoms. The number of rotatable bonds is 9. The van der Waals surface area contributed by atoms with E-state index in [1.807, 2.05) is 22.9 Å². The summed E-state index contributed by atoms with van der Waals surface area (Å²) < 4.78 is 7.63. The summed E-state index contributed by atoms with van der Waals surface area (Å²) in [6.07, 6.45) is 1.63. The molecule has 0 radical (unpaired) electrons. The zero-order chi connectivity index (χ0) is 21.6. The van der Waals surface area contributed by atoms with Gasteiger partial charge in [-0.2, -0.15) is 10.2 Å². The van der Waals surface area contributed by atoms with Gasteiger partial charge in [0, 0.05) is 18.5 Å². The number of hydrogen-bond donors (Lipinski definition) is 1. The standard InChI is InChI=1S/C23H27N7O/c1-4-13-31-23-24-21(30(27-23)15-16(2)3)14-17-9-11-18(12-10-17)19-7-5-6-8-20(19)22-25-28-29-26-22/h5-12,16H,4,13-15H2,1-3H3,(H,25,26,28,29). The Bertz CT molecular complexity index is 1100. The smallest absolute Gasteiger partial charge is 0.335 e. The van der Waals surface area contributed by atoms with Crippen molar-refractivity contribution in [3.8, 4) is 28.5 Å². The minimum absolute atomic E-state index is 0.461. The van der Waals surface area contributed by atoms with E-state index in [0.29, 0.717) is 30.8 Å². The van der Waals surface area contributed by atoms with E-state index in [9.17, 15) is 0 Å². The maximum Gasteiger partial charge on any atom is 0.335 e. The van der Waals surface area contributed by atoms with E-state index in [4.69, 9.17) is 4.74 Å². The molecule has 160 valence electrons. The Labute approximate surface area is 181 Å². The molecule has 2 heterocycles. The lowest BCUT2D eigenvalue weighted by Gasteiger charge is -2.10. The number of aromatic amines is 1. The normalized spacial score (nSPS) is 11.2. The summed E-state index contributed by atoms with van der Waals surface area (Å²) in [4.78, 5) is 4.63. The van der Waals surface area contributed by atoms with Crippen LogP contribution in [0, 0.1) is 5.92 Å². The van der Waals surface area contributed by atoms with E-state index >= 15 is 0 Å². The Morgan fingerprint density at radius 1 is 1.03 bits per heavy atom. The van der Waals surface area contributed by atoms with Crippen molar-refractivity contribution < 1.29 is 4.74 Å². The molecule has 0 saturated heterocycles. The molecule has 0 unspecified atom stereocenters. The minimum atomic E-state index is 0.461. The van der Waals surface area contributed by atoms with Gasteiger partial charge in [-0.1, -0.05) is 69.3 Å². The predicted molar refractivity (Wildman–Crippen MR) is 119 cm³/mol. The van der Waals surface area contributed by atoms with Crippen molar-refractivity contribution in [2.45, 2.75) is 40.2 Å². The van der Waals surface area contributed by atoms with Crippen molar-refractivity contribution in [2.75, 3.05) is 6.61 Å². The maximum atomic E-state index is 5.66. The highest BCUT2D eigenvalue weighted by molar-refractivity contribution is 5.80. The van der Waals surface area contributed by atoms with E-state index in [1.165, 1.54) is 5.56 Å². The fourth-order valence-corrected chi connectivity index (χ4v) is 3.42. The lowest BCUT2D eigenvalue weighted by molar-refractivity contribution is 0.289. The number of tetrazole rings is 1. The summed E-state index contributed by atoms with van der Waals surface area (Å²) in [6.45, 7) is 7.86. The summed E-state index contributed by atoms with van der Waals surface area (Å²) in [5.74, 6) is 1.98. The van der Waals surface area contributed by atoms with Crippen LogP contribution in [0.25, 0.3) is 22.5 Å². The fraction of sp³-hybridized carbons (Fsp3) is 0.348. The molecule has 2 aromatic carbocycles. The van der Waals surface area contributed by atoms with Crippen molar-refractivity contribution in [3.63, 3.8) is 0 Å². The van der Waals surface area contributed by atoms with Gasteiger partial charge in [0.15, 0.2) is 0 Å². The van der Waals surface area contributed by atoms with E-state index in [0.717, 1.165) is 35.5 Å². The second kappa shape index (κ2) is 9.51. The average Bonchev–Trinajstić information content (AvgIpc) is 3.43. The molecule has 0 aliphatic heterocycles. The third-order valence-corrected chi connectivity index (χ3v) is 4.84. The van der Waals surface area contributed by atoms with Gasteiger partial charge in [0.1, 0.15) is 5.82 Å². The van der Waals surface area contributed by atoms with Crippen LogP contribution < -0.4 is 4.74 Å². The topological polar surface area (TPSA) is 94.4 Å². The predicted octanol–water partition coefficient (Wildman–Crippen LogP) is 4.16. The Hall–Kier alpha value is -3.55. The second-order valence-corrected chi connectivity index (χ2v) is 7.89. The first kappa shape index (κ1) is 20.7. The number of benzene rings is 2. The van der Waals surface area contributed by atoms with Gasteiger partial charge in [-0.15, -0.1) is 15.3 Å². The monoisotopic (exact) mass is 417 g/mol. The van der Waals surface area contributed by atoms with Crippen molar-refractivity contribution in [3.05, 3.63) is 59.9 Å². The Balaban J connectivity index is 1.57. The molecule has 1 N–H and O–H groups in total. The summed E-state index contributed by atoms with van der Waals surface area (Å²) in [7, 11) is 0. The van der Waals surface area contributed by atoms with Gasteiger partial charge in [0.25, 0.3) is 0 Å². The molecule has 4 aromatic rings. The van der Waals surface area contributed by atoms with E-state index in [-0.39, 0.29) is 0 Å². The molecule has 0 spiro atoms. The van der Waals surface area contributed by atoms with E-state index in [2.05, 4.69) is 81.8 Å². The highest BCUT2D eigenvalue weighted by Crippen LogP contribution is 2.30. The van der Waals surface area contributed by atoms with Crippen molar-refractivity contribution in [1.29, 1.82) is 0 Å². The largest absolute Gasteiger partial charge is 0.462 e. The zero-order valence-electron chi connectivity index (χ0n) is 18.1. The van der Waals surface area contributed by atoms with Gasteiger partial charge in [0.2, 0.25) is 5.82 Å². The highest BCUT2D eigenvalue weighted by atomic mass is 16.5. The minimum Gasteiger partial charge on any atom is -0.462 e. The lowest BCUT2D eigenvalue weighted by atomic mass is 9.98. The number of hydrogen-bond acceptors (Lipinski definition) is 6. The molecule has 0 bridgehead atoms. The van der Waals surface area contributed by atoms with E-state index < -0.39 is 0 Å². The summed E-state index contributed by atoms with van der Waals surface area (Å²) in [5, 5.41) is 19.0. The number of nitrogens with zero attached hydrogens (tertiary/aromatic N) is 6. The SMILES string of the molecule is CCCOc1nc(Cc2ccc(-c3ccccc3-c3nn[nH]n3)cc2)n(CC(C)C)n1. The third-order valence-electron chi connectivity index (χ3n) is 4.84.